The lowest BCUT2D eigenvalue weighted by molar-refractivity contribution is -0.138. The van der Waals surface area contributed by atoms with Gasteiger partial charge in [0.15, 0.2) is 0 Å². The van der Waals surface area contributed by atoms with E-state index in [1.807, 2.05) is 0 Å². The van der Waals surface area contributed by atoms with Crippen LogP contribution < -0.4 is 0 Å². The van der Waals surface area contributed by atoms with Crippen molar-refractivity contribution in [3.05, 3.63) is 0 Å². The average molecular weight is 229 g/mol. The van der Waals surface area contributed by atoms with Crippen LogP contribution in [0.2, 0.25) is 0 Å². The third kappa shape index (κ3) is 5.73. The average Bonchev–Trinajstić information content (AvgIpc) is 2.21. The van der Waals surface area contributed by atoms with Crippen molar-refractivity contribution in [3.8, 4) is 0 Å². The number of hydrogen-bond donors (Lipinski definition) is 1. The van der Waals surface area contributed by atoms with Crippen molar-refractivity contribution in [1.82, 2.24) is 4.90 Å². The number of carbonyl (C=O) groups excluding carboxylic acids is 1. The molecule has 0 aromatic carbocycles. The van der Waals surface area contributed by atoms with Crippen LogP contribution in [-0.4, -0.2) is 35.5 Å². The monoisotopic (exact) mass is 229 g/mol. The smallest absolute Gasteiger partial charge is 0.305 e. The molecule has 94 valence electrons. The topological polar surface area (TPSA) is 57.6 Å². The van der Waals surface area contributed by atoms with Crippen molar-refractivity contribution in [1.29, 1.82) is 0 Å². The van der Waals surface area contributed by atoms with Gasteiger partial charge in [-0.15, -0.1) is 0 Å². The summed E-state index contributed by atoms with van der Waals surface area (Å²) < 4.78 is 0. The molecule has 1 unspecified atom stereocenters. The Hall–Kier alpha value is -1.06. The standard InChI is InChI=1S/C12H23NO3/c1-5-10(9(2)3)8-11(14)13(4)7-6-12(15)16/h9-10H,5-8H2,1-4H3,(H,15,16). The second-order valence-electron chi connectivity index (χ2n) is 4.58. The van der Waals surface area contributed by atoms with Crippen LogP contribution in [0.1, 0.15) is 40.0 Å². The molecule has 0 aromatic rings. The quantitative estimate of drug-likeness (QED) is 0.726. The molecule has 0 aliphatic carbocycles. The summed E-state index contributed by atoms with van der Waals surface area (Å²) >= 11 is 0. The highest BCUT2D eigenvalue weighted by atomic mass is 16.4. The van der Waals surface area contributed by atoms with Crippen LogP contribution in [0.15, 0.2) is 0 Å². The maximum atomic E-state index is 11.8. The van der Waals surface area contributed by atoms with E-state index in [9.17, 15) is 9.59 Å². The number of rotatable bonds is 7. The molecule has 4 heteroatoms. The number of nitrogens with zero attached hydrogens (tertiary/aromatic N) is 1. The first-order chi connectivity index (χ1) is 7.38. The third-order valence-electron chi connectivity index (χ3n) is 2.99. The van der Waals surface area contributed by atoms with Crippen LogP contribution in [-0.2, 0) is 9.59 Å². The zero-order valence-electron chi connectivity index (χ0n) is 10.7. The lowest BCUT2D eigenvalue weighted by atomic mass is 9.90. The van der Waals surface area contributed by atoms with Gasteiger partial charge in [0, 0.05) is 20.0 Å². The van der Waals surface area contributed by atoms with E-state index in [4.69, 9.17) is 5.11 Å². The molecule has 16 heavy (non-hydrogen) atoms. The summed E-state index contributed by atoms with van der Waals surface area (Å²) in [6.45, 7) is 6.59. The second kappa shape index (κ2) is 7.25. The zero-order chi connectivity index (χ0) is 12.7. The summed E-state index contributed by atoms with van der Waals surface area (Å²) in [6, 6.07) is 0. The third-order valence-corrected chi connectivity index (χ3v) is 2.99. The Morgan fingerprint density at radius 2 is 1.88 bits per heavy atom. The largest absolute Gasteiger partial charge is 0.481 e. The van der Waals surface area contributed by atoms with Gasteiger partial charge < -0.3 is 10.0 Å². The molecule has 0 bridgehead atoms. The predicted octanol–water partition coefficient (Wildman–Crippen LogP) is 1.99. The number of hydrogen-bond acceptors (Lipinski definition) is 2. The van der Waals surface area contributed by atoms with Crippen molar-refractivity contribution < 1.29 is 14.7 Å². The first-order valence-corrected chi connectivity index (χ1v) is 5.84. The van der Waals surface area contributed by atoms with E-state index in [0.717, 1.165) is 6.42 Å². The van der Waals surface area contributed by atoms with Gasteiger partial charge in [0.2, 0.25) is 5.91 Å². The van der Waals surface area contributed by atoms with E-state index in [1.54, 1.807) is 7.05 Å². The van der Waals surface area contributed by atoms with Crippen LogP contribution in [0.3, 0.4) is 0 Å². The van der Waals surface area contributed by atoms with Crippen molar-refractivity contribution in [3.63, 3.8) is 0 Å². The van der Waals surface area contributed by atoms with E-state index in [2.05, 4.69) is 20.8 Å². The second-order valence-corrected chi connectivity index (χ2v) is 4.58. The van der Waals surface area contributed by atoms with E-state index >= 15 is 0 Å². The molecule has 1 atom stereocenters. The maximum Gasteiger partial charge on any atom is 0.305 e. The van der Waals surface area contributed by atoms with Gasteiger partial charge >= 0.3 is 5.97 Å². The molecule has 0 aliphatic heterocycles. The van der Waals surface area contributed by atoms with E-state index in [0.29, 0.717) is 24.8 Å². The van der Waals surface area contributed by atoms with E-state index in [-0.39, 0.29) is 12.3 Å². The van der Waals surface area contributed by atoms with Gasteiger partial charge in [0.05, 0.1) is 6.42 Å². The Kier molecular flexibility index (Phi) is 6.77. The molecule has 0 rings (SSSR count). The summed E-state index contributed by atoms with van der Waals surface area (Å²) in [7, 11) is 1.66. The minimum Gasteiger partial charge on any atom is -0.481 e. The van der Waals surface area contributed by atoms with Crippen LogP contribution in [0, 0.1) is 11.8 Å². The molecule has 0 saturated carbocycles. The van der Waals surface area contributed by atoms with Crippen molar-refractivity contribution >= 4 is 11.9 Å². The highest BCUT2D eigenvalue weighted by Gasteiger charge is 2.18. The van der Waals surface area contributed by atoms with Gasteiger partial charge in [0.25, 0.3) is 0 Å². The summed E-state index contributed by atoms with van der Waals surface area (Å²) in [5.74, 6) is 0.0546. The van der Waals surface area contributed by atoms with Gasteiger partial charge in [-0.1, -0.05) is 27.2 Å². The van der Waals surface area contributed by atoms with Crippen LogP contribution in [0.4, 0.5) is 0 Å². The molecule has 0 heterocycles. The lowest BCUT2D eigenvalue weighted by Gasteiger charge is -2.22. The number of carbonyl (C=O) groups is 2. The number of amides is 1. The Morgan fingerprint density at radius 1 is 1.31 bits per heavy atom. The van der Waals surface area contributed by atoms with Gasteiger partial charge in [-0.25, -0.2) is 0 Å². The fourth-order valence-electron chi connectivity index (χ4n) is 1.62. The number of carboxylic acids is 1. The molecule has 0 radical (unpaired) electrons. The van der Waals surface area contributed by atoms with E-state index in [1.165, 1.54) is 4.90 Å². The minimum absolute atomic E-state index is 0.0146. The number of carboxylic acid groups (broad SMARTS) is 1. The first kappa shape index (κ1) is 14.9. The molecular formula is C12H23NO3. The van der Waals surface area contributed by atoms with Crippen LogP contribution in [0.5, 0.6) is 0 Å². The maximum absolute atomic E-state index is 11.8. The van der Waals surface area contributed by atoms with Gasteiger partial charge in [0.1, 0.15) is 0 Å². The van der Waals surface area contributed by atoms with Gasteiger partial charge in [-0.05, 0) is 11.8 Å². The van der Waals surface area contributed by atoms with Crippen molar-refractivity contribution in [2.24, 2.45) is 11.8 Å². The number of aliphatic carboxylic acids is 1. The van der Waals surface area contributed by atoms with Gasteiger partial charge in [-0.3, -0.25) is 9.59 Å². The first-order valence-electron chi connectivity index (χ1n) is 5.84. The SMILES string of the molecule is CCC(CC(=O)N(C)CCC(=O)O)C(C)C. The fourth-order valence-corrected chi connectivity index (χ4v) is 1.62. The highest BCUT2D eigenvalue weighted by Crippen LogP contribution is 2.19. The van der Waals surface area contributed by atoms with Crippen LogP contribution in [0.25, 0.3) is 0 Å². The molecule has 0 saturated heterocycles. The fraction of sp³-hybridized carbons (Fsp3) is 0.833. The molecule has 4 nitrogen and oxygen atoms in total. The molecule has 0 fully saturated rings. The molecule has 0 aliphatic rings. The van der Waals surface area contributed by atoms with Crippen LogP contribution >= 0.6 is 0 Å². The molecule has 0 aromatic heterocycles. The van der Waals surface area contributed by atoms with Crippen molar-refractivity contribution in [2.45, 2.75) is 40.0 Å². The lowest BCUT2D eigenvalue weighted by Crippen LogP contribution is -2.31. The van der Waals surface area contributed by atoms with Gasteiger partial charge in [-0.2, -0.15) is 0 Å². The van der Waals surface area contributed by atoms with E-state index < -0.39 is 5.97 Å². The highest BCUT2D eigenvalue weighted by molar-refractivity contribution is 5.77. The zero-order valence-corrected chi connectivity index (χ0v) is 10.7. The predicted molar refractivity (Wildman–Crippen MR) is 63.1 cm³/mol. The molecular weight excluding hydrogens is 206 g/mol. The molecule has 1 N–H and O–H groups in total. The summed E-state index contributed by atoms with van der Waals surface area (Å²) in [6.07, 6.45) is 1.52. The Bertz CT molecular complexity index is 238. The summed E-state index contributed by atoms with van der Waals surface area (Å²) in [5, 5.41) is 8.52. The normalized spacial score (nSPS) is 12.6. The van der Waals surface area contributed by atoms with Crippen molar-refractivity contribution in [2.75, 3.05) is 13.6 Å². The molecule has 0 spiro atoms. The summed E-state index contributed by atoms with van der Waals surface area (Å²) in [4.78, 5) is 23.7. The minimum atomic E-state index is -0.865. The Morgan fingerprint density at radius 3 is 2.25 bits per heavy atom. The Balaban J connectivity index is 4.08. The molecule has 1 amide bonds. The summed E-state index contributed by atoms with van der Waals surface area (Å²) in [5.41, 5.74) is 0. The Labute approximate surface area is 97.6 Å².